The maximum atomic E-state index is 11.1. The fourth-order valence-corrected chi connectivity index (χ4v) is 4.54. The number of aromatic nitrogens is 2. The van der Waals surface area contributed by atoms with Gasteiger partial charge in [0.2, 0.25) is 5.91 Å². The lowest BCUT2D eigenvalue weighted by atomic mass is 9.88. The fraction of sp³-hybridized carbons (Fsp3) is 0.316. The Morgan fingerprint density at radius 1 is 1.20 bits per heavy atom. The molecule has 1 aliphatic carbocycles. The highest BCUT2D eigenvalue weighted by Gasteiger charge is 2.23. The lowest BCUT2D eigenvalue weighted by Gasteiger charge is -2.18. The van der Waals surface area contributed by atoms with Crippen LogP contribution in [0.5, 0.6) is 0 Å². The average Bonchev–Trinajstić information content (AvgIpc) is 2.95. The highest BCUT2D eigenvalue weighted by Crippen LogP contribution is 2.40. The highest BCUT2D eigenvalue weighted by molar-refractivity contribution is 7.19. The number of amides is 1. The largest absolute Gasteiger partial charge is 0.340 e. The number of nitrogens with zero attached hydrogens (tertiary/aromatic N) is 2. The monoisotopic (exact) mass is 352 g/mol. The number of anilines is 3. The molecule has 2 aromatic heterocycles. The Kier molecular flexibility index (Phi) is 4.13. The number of carbonyl (C=O) groups is 1. The summed E-state index contributed by atoms with van der Waals surface area (Å²) in [6.45, 7) is 3.81. The van der Waals surface area contributed by atoms with Gasteiger partial charge in [0.15, 0.2) is 0 Å². The van der Waals surface area contributed by atoms with Crippen LogP contribution >= 0.6 is 11.3 Å². The van der Waals surface area contributed by atoms with Crippen molar-refractivity contribution in [2.75, 3.05) is 10.6 Å². The molecule has 0 aliphatic heterocycles. The molecule has 5 nitrogen and oxygen atoms in total. The zero-order valence-electron chi connectivity index (χ0n) is 14.3. The first-order valence-corrected chi connectivity index (χ1v) is 9.31. The van der Waals surface area contributed by atoms with Crippen LogP contribution in [0.3, 0.4) is 0 Å². The minimum atomic E-state index is -0.0720. The van der Waals surface area contributed by atoms with Crippen molar-refractivity contribution in [3.8, 4) is 0 Å². The average molecular weight is 352 g/mol. The van der Waals surface area contributed by atoms with Gasteiger partial charge in [0.05, 0.1) is 5.39 Å². The van der Waals surface area contributed by atoms with E-state index in [2.05, 4.69) is 27.5 Å². The maximum Gasteiger partial charge on any atom is 0.221 e. The first kappa shape index (κ1) is 16.0. The molecule has 0 spiro atoms. The van der Waals surface area contributed by atoms with Crippen molar-refractivity contribution in [1.29, 1.82) is 0 Å². The number of thiophene rings is 1. The van der Waals surface area contributed by atoms with Crippen molar-refractivity contribution >= 4 is 44.7 Å². The Bertz CT molecular complexity index is 932. The minimum absolute atomic E-state index is 0.0720. The summed E-state index contributed by atoms with van der Waals surface area (Å²) >= 11 is 1.80. The molecule has 1 aliphatic rings. The van der Waals surface area contributed by atoms with Crippen LogP contribution in [0.15, 0.2) is 30.6 Å². The van der Waals surface area contributed by atoms with Crippen molar-refractivity contribution in [3.05, 3.63) is 41.0 Å². The summed E-state index contributed by atoms with van der Waals surface area (Å²) in [5.74, 6) is 1.50. The first-order valence-electron chi connectivity index (χ1n) is 8.50. The lowest BCUT2D eigenvalue weighted by Crippen LogP contribution is -2.09. The van der Waals surface area contributed by atoms with Crippen LogP contribution in [0.2, 0.25) is 0 Å². The summed E-state index contributed by atoms with van der Waals surface area (Å²) in [6, 6.07) is 7.65. The van der Waals surface area contributed by atoms with Gasteiger partial charge in [-0.25, -0.2) is 9.97 Å². The third kappa shape index (κ3) is 3.22. The quantitative estimate of drug-likeness (QED) is 0.727. The molecule has 6 heteroatoms. The van der Waals surface area contributed by atoms with Gasteiger partial charge in [-0.2, -0.15) is 0 Å². The molecular formula is C19H20N4OS. The minimum Gasteiger partial charge on any atom is -0.340 e. The number of fused-ring (bicyclic) bond motifs is 3. The normalized spacial score (nSPS) is 16.5. The molecule has 2 heterocycles. The number of rotatable bonds is 3. The molecule has 25 heavy (non-hydrogen) atoms. The number of hydrogen-bond acceptors (Lipinski definition) is 5. The van der Waals surface area contributed by atoms with Gasteiger partial charge >= 0.3 is 0 Å². The lowest BCUT2D eigenvalue weighted by molar-refractivity contribution is -0.114. The Balaban J connectivity index is 1.67. The number of hydrogen-bond donors (Lipinski definition) is 2. The molecule has 0 radical (unpaired) electrons. The van der Waals surface area contributed by atoms with Gasteiger partial charge in [-0.15, -0.1) is 11.3 Å². The zero-order valence-corrected chi connectivity index (χ0v) is 15.1. The number of nitrogens with one attached hydrogen (secondary N) is 2. The summed E-state index contributed by atoms with van der Waals surface area (Å²) in [5, 5.41) is 7.36. The second kappa shape index (κ2) is 6.44. The standard InChI is InChI=1S/C19H20N4OS/c1-11-3-8-16-15(9-11)17-18(20-10-21-19(17)25-16)23-14-6-4-13(5-7-14)22-12(2)24/h4-7,10-11H,3,8-9H2,1-2H3,(H,22,24)(H,20,21,23)/t11-/m1/s1. The van der Waals surface area contributed by atoms with Gasteiger partial charge in [0, 0.05) is 23.2 Å². The van der Waals surface area contributed by atoms with E-state index < -0.39 is 0 Å². The molecule has 0 fully saturated rings. The van der Waals surface area contributed by atoms with Crippen LogP contribution in [-0.2, 0) is 17.6 Å². The first-order chi connectivity index (χ1) is 12.1. The van der Waals surface area contributed by atoms with Crippen LogP contribution in [-0.4, -0.2) is 15.9 Å². The van der Waals surface area contributed by atoms with Crippen molar-refractivity contribution in [2.24, 2.45) is 5.92 Å². The Hall–Kier alpha value is -2.47. The molecule has 0 saturated heterocycles. The summed E-state index contributed by atoms with van der Waals surface area (Å²) < 4.78 is 0. The molecule has 0 bridgehead atoms. The Morgan fingerprint density at radius 3 is 2.72 bits per heavy atom. The summed E-state index contributed by atoms with van der Waals surface area (Å²) in [6.07, 6.45) is 5.11. The molecule has 1 atom stereocenters. The molecule has 1 amide bonds. The van der Waals surface area contributed by atoms with Gasteiger partial charge in [0.25, 0.3) is 0 Å². The van der Waals surface area contributed by atoms with Crippen molar-refractivity contribution < 1.29 is 4.79 Å². The van der Waals surface area contributed by atoms with Gasteiger partial charge in [-0.05, 0) is 55.0 Å². The Morgan fingerprint density at radius 2 is 1.96 bits per heavy atom. The molecule has 3 aromatic rings. The molecular weight excluding hydrogens is 332 g/mol. The van der Waals surface area contributed by atoms with Crippen LogP contribution < -0.4 is 10.6 Å². The molecule has 0 saturated carbocycles. The van der Waals surface area contributed by atoms with Crippen molar-refractivity contribution in [2.45, 2.75) is 33.1 Å². The van der Waals surface area contributed by atoms with Crippen molar-refractivity contribution in [1.82, 2.24) is 9.97 Å². The maximum absolute atomic E-state index is 11.1. The van der Waals surface area contributed by atoms with Gasteiger partial charge < -0.3 is 10.6 Å². The van der Waals surface area contributed by atoms with Gasteiger partial charge in [0.1, 0.15) is 17.0 Å². The van der Waals surface area contributed by atoms with E-state index in [4.69, 9.17) is 0 Å². The van der Waals surface area contributed by atoms with E-state index in [0.29, 0.717) is 5.92 Å². The SMILES string of the molecule is CC(=O)Nc1ccc(Nc2ncnc3sc4c(c23)C[C@H](C)CC4)cc1. The molecule has 4 rings (SSSR count). The van der Waals surface area contributed by atoms with E-state index in [0.717, 1.165) is 34.9 Å². The summed E-state index contributed by atoms with van der Waals surface area (Å²) in [5.41, 5.74) is 3.14. The third-order valence-electron chi connectivity index (χ3n) is 4.56. The second-order valence-corrected chi connectivity index (χ2v) is 7.72. The molecule has 2 N–H and O–H groups in total. The number of aryl methyl sites for hydroxylation is 1. The molecule has 1 aromatic carbocycles. The smallest absolute Gasteiger partial charge is 0.221 e. The van der Waals surface area contributed by atoms with Crippen LogP contribution in [0.1, 0.15) is 30.7 Å². The summed E-state index contributed by atoms with van der Waals surface area (Å²) in [7, 11) is 0. The second-order valence-electron chi connectivity index (χ2n) is 6.64. The zero-order chi connectivity index (χ0) is 17.4. The number of benzene rings is 1. The van der Waals surface area contributed by atoms with E-state index in [9.17, 15) is 4.79 Å². The predicted molar refractivity (Wildman–Crippen MR) is 103 cm³/mol. The molecule has 128 valence electrons. The van der Waals surface area contributed by atoms with Crippen LogP contribution in [0, 0.1) is 5.92 Å². The highest BCUT2D eigenvalue weighted by atomic mass is 32.1. The molecule has 0 unspecified atom stereocenters. The van der Waals surface area contributed by atoms with E-state index >= 15 is 0 Å². The topological polar surface area (TPSA) is 66.9 Å². The van der Waals surface area contributed by atoms with E-state index in [-0.39, 0.29) is 5.91 Å². The summed E-state index contributed by atoms with van der Waals surface area (Å²) in [4.78, 5) is 22.6. The van der Waals surface area contributed by atoms with Gasteiger partial charge in [-0.3, -0.25) is 4.79 Å². The number of carbonyl (C=O) groups excluding carboxylic acids is 1. The van der Waals surface area contributed by atoms with Gasteiger partial charge in [-0.1, -0.05) is 6.92 Å². The van der Waals surface area contributed by atoms with E-state index in [1.54, 1.807) is 17.7 Å². The fourth-order valence-electron chi connectivity index (χ4n) is 3.35. The third-order valence-corrected chi connectivity index (χ3v) is 5.76. The van der Waals surface area contributed by atoms with Crippen molar-refractivity contribution in [3.63, 3.8) is 0 Å². The van der Waals surface area contributed by atoms with Crippen LogP contribution in [0.4, 0.5) is 17.2 Å². The predicted octanol–water partition coefficient (Wildman–Crippen LogP) is 4.52. The Labute approximate surface area is 150 Å². The van der Waals surface area contributed by atoms with E-state index in [1.807, 2.05) is 24.3 Å². The van der Waals surface area contributed by atoms with E-state index in [1.165, 1.54) is 29.2 Å². The van der Waals surface area contributed by atoms with Crippen LogP contribution in [0.25, 0.3) is 10.2 Å².